The van der Waals surface area contributed by atoms with Crippen LogP contribution >= 0.6 is 0 Å². The highest BCUT2D eigenvalue weighted by atomic mass is 16.7. The van der Waals surface area contributed by atoms with Crippen LogP contribution in [0.15, 0.2) is 24.3 Å². The molecular weight excluding hydrogens is 434 g/mol. The Kier molecular flexibility index (Phi) is 13.7. The second kappa shape index (κ2) is 16.2. The molecule has 0 aliphatic carbocycles. The van der Waals surface area contributed by atoms with Gasteiger partial charge >= 0.3 is 0 Å². The van der Waals surface area contributed by atoms with Crippen LogP contribution in [0.3, 0.4) is 0 Å². The van der Waals surface area contributed by atoms with E-state index in [0.717, 1.165) is 24.8 Å². The highest BCUT2D eigenvalue weighted by Gasteiger charge is 2.47. The van der Waals surface area contributed by atoms with Gasteiger partial charge in [-0.3, -0.25) is 0 Å². The molecule has 0 aromatic heterocycles. The zero-order chi connectivity index (χ0) is 24.8. The van der Waals surface area contributed by atoms with Gasteiger partial charge in [0, 0.05) is 13.2 Å². The molecule has 1 saturated heterocycles. The van der Waals surface area contributed by atoms with Crippen molar-refractivity contribution in [1.29, 1.82) is 5.26 Å². The lowest BCUT2D eigenvalue weighted by Gasteiger charge is -2.44. The van der Waals surface area contributed by atoms with Gasteiger partial charge in [0.1, 0.15) is 24.4 Å². The zero-order valence-corrected chi connectivity index (χ0v) is 21.3. The third-order valence-corrected chi connectivity index (χ3v) is 5.73. The first-order valence-electron chi connectivity index (χ1n) is 12.8. The number of nitriles is 1. The Labute approximate surface area is 205 Å². The average molecular weight is 478 g/mol. The van der Waals surface area contributed by atoms with Crippen molar-refractivity contribution in [2.75, 3.05) is 19.8 Å². The summed E-state index contributed by atoms with van der Waals surface area (Å²) in [6.45, 7) is 9.78. The largest absolute Gasteiger partial charge is 0.387 e. The molecule has 5 atom stereocenters. The van der Waals surface area contributed by atoms with Crippen LogP contribution in [0.5, 0.6) is 0 Å². The van der Waals surface area contributed by atoms with Gasteiger partial charge in [-0.2, -0.15) is 5.26 Å². The van der Waals surface area contributed by atoms with Crippen LogP contribution in [0.2, 0.25) is 0 Å². The minimum Gasteiger partial charge on any atom is -0.387 e. The molecule has 1 fully saturated rings. The standard InChI is InChI=1S/C27H43NO6/c1-5-7-8-9-10-16-32-26-25(31-15-6-2)24(29)23(34-27(26)33-20(3)4)19-30-18-22-13-11-21(17-28)12-14-22/h11-14,20,23-27,29H,5-10,15-16,18-19H2,1-4H3/t23-,24-,25+,26-,27?/m1/s1. The average Bonchev–Trinajstić information content (AvgIpc) is 2.83. The lowest BCUT2D eigenvalue weighted by Crippen LogP contribution is -2.61. The molecule has 7 heteroatoms. The minimum atomic E-state index is -0.899. The molecule has 1 aliphatic heterocycles. The maximum absolute atomic E-state index is 11.1. The van der Waals surface area contributed by atoms with E-state index >= 15 is 0 Å². The molecule has 1 unspecified atom stereocenters. The SMILES string of the molecule is CCCCCCCO[C@H]1C(OC(C)C)O[C@H](COCc2ccc(C#N)cc2)[C@@H](O)[C@@H]1OCCC. The summed E-state index contributed by atoms with van der Waals surface area (Å²) >= 11 is 0. The van der Waals surface area contributed by atoms with Crippen LogP contribution in [0.1, 0.15) is 77.3 Å². The first-order chi connectivity index (χ1) is 16.5. The van der Waals surface area contributed by atoms with Gasteiger partial charge in [-0.15, -0.1) is 0 Å². The first-order valence-corrected chi connectivity index (χ1v) is 12.8. The number of hydrogen-bond donors (Lipinski definition) is 1. The molecule has 2 rings (SSSR count). The fourth-order valence-electron chi connectivity index (χ4n) is 3.92. The summed E-state index contributed by atoms with van der Waals surface area (Å²) in [6.07, 6.45) is 3.26. The Hall–Kier alpha value is -1.53. The molecular formula is C27H43NO6. The van der Waals surface area contributed by atoms with Crippen LogP contribution < -0.4 is 0 Å². The number of benzene rings is 1. The second-order valence-electron chi connectivity index (χ2n) is 9.13. The molecule has 1 aliphatic rings. The maximum Gasteiger partial charge on any atom is 0.187 e. The fourth-order valence-corrected chi connectivity index (χ4v) is 3.92. The van der Waals surface area contributed by atoms with Crippen molar-refractivity contribution in [1.82, 2.24) is 0 Å². The molecule has 1 N–H and O–H groups in total. The van der Waals surface area contributed by atoms with Crippen LogP contribution in [0.25, 0.3) is 0 Å². The summed E-state index contributed by atoms with van der Waals surface area (Å²) in [7, 11) is 0. The number of nitrogens with zero attached hydrogens (tertiary/aromatic N) is 1. The van der Waals surface area contributed by atoms with Crippen molar-refractivity contribution in [3.05, 3.63) is 35.4 Å². The lowest BCUT2D eigenvalue weighted by molar-refractivity contribution is -0.324. The monoisotopic (exact) mass is 477 g/mol. The smallest absolute Gasteiger partial charge is 0.187 e. The first kappa shape index (κ1) is 28.7. The van der Waals surface area contributed by atoms with Gasteiger partial charge in [-0.1, -0.05) is 51.7 Å². The van der Waals surface area contributed by atoms with E-state index < -0.39 is 30.7 Å². The van der Waals surface area contributed by atoms with E-state index in [4.69, 9.17) is 28.9 Å². The van der Waals surface area contributed by atoms with Crippen molar-refractivity contribution in [2.45, 2.75) is 110 Å². The number of ether oxygens (including phenoxy) is 5. The van der Waals surface area contributed by atoms with Gasteiger partial charge in [0.2, 0.25) is 0 Å². The summed E-state index contributed by atoms with van der Waals surface area (Å²) in [6, 6.07) is 9.35. The van der Waals surface area contributed by atoms with Gasteiger partial charge in [-0.05, 0) is 44.4 Å². The Morgan fingerprint density at radius 3 is 2.32 bits per heavy atom. The predicted molar refractivity (Wildman–Crippen MR) is 130 cm³/mol. The van der Waals surface area contributed by atoms with Crippen molar-refractivity contribution in [3.63, 3.8) is 0 Å². The van der Waals surface area contributed by atoms with Crippen LogP contribution in [-0.2, 0) is 30.3 Å². The summed E-state index contributed by atoms with van der Waals surface area (Å²) < 4.78 is 30.3. The molecule has 34 heavy (non-hydrogen) atoms. The third-order valence-electron chi connectivity index (χ3n) is 5.73. The van der Waals surface area contributed by atoms with Crippen LogP contribution in [0.4, 0.5) is 0 Å². The number of unbranched alkanes of at least 4 members (excludes halogenated alkanes) is 4. The summed E-state index contributed by atoms with van der Waals surface area (Å²) in [5.74, 6) is 0. The summed E-state index contributed by atoms with van der Waals surface area (Å²) in [5, 5.41) is 20.1. The second-order valence-corrected chi connectivity index (χ2v) is 9.13. The fraction of sp³-hybridized carbons (Fsp3) is 0.741. The minimum absolute atomic E-state index is 0.0667. The maximum atomic E-state index is 11.1. The summed E-state index contributed by atoms with van der Waals surface area (Å²) in [4.78, 5) is 0. The number of rotatable bonds is 16. The van der Waals surface area contributed by atoms with Gasteiger partial charge in [0.15, 0.2) is 6.29 Å². The van der Waals surface area contributed by atoms with E-state index in [2.05, 4.69) is 13.0 Å². The molecule has 7 nitrogen and oxygen atoms in total. The zero-order valence-electron chi connectivity index (χ0n) is 21.3. The number of aliphatic hydroxyl groups is 1. The van der Waals surface area contributed by atoms with Crippen LogP contribution in [-0.4, -0.2) is 61.7 Å². The molecule has 0 saturated carbocycles. The molecule has 0 radical (unpaired) electrons. The van der Waals surface area contributed by atoms with Gasteiger partial charge in [0.05, 0.1) is 31.0 Å². The number of hydrogen-bond acceptors (Lipinski definition) is 7. The topological polar surface area (TPSA) is 90.2 Å². The van der Waals surface area contributed by atoms with Crippen molar-refractivity contribution in [3.8, 4) is 6.07 Å². The Balaban J connectivity index is 2.00. The highest BCUT2D eigenvalue weighted by molar-refractivity contribution is 5.31. The van der Waals surface area contributed by atoms with E-state index in [9.17, 15) is 5.11 Å². The van der Waals surface area contributed by atoms with E-state index in [-0.39, 0.29) is 12.7 Å². The molecule has 0 amide bonds. The van der Waals surface area contributed by atoms with E-state index in [1.807, 2.05) is 32.9 Å². The van der Waals surface area contributed by atoms with Gasteiger partial charge in [0.25, 0.3) is 0 Å². The molecule has 1 aromatic carbocycles. The van der Waals surface area contributed by atoms with Gasteiger partial charge < -0.3 is 28.8 Å². The highest BCUT2D eigenvalue weighted by Crippen LogP contribution is 2.28. The Morgan fingerprint density at radius 1 is 0.971 bits per heavy atom. The third kappa shape index (κ3) is 9.61. The van der Waals surface area contributed by atoms with Crippen LogP contribution in [0, 0.1) is 11.3 Å². The van der Waals surface area contributed by atoms with Gasteiger partial charge in [-0.25, -0.2) is 0 Å². The quantitative estimate of drug-likeness (QED) is 0.344. The molecule has 192 valence electrons. The normalized spacial score (nSPS) is 24.9. The Morgan fingerprint density at radius 2 is 1.68 bits per heavy atom. The van der Waals surface area contributed by atoms with E-state index in [0.29, 0.717) is 25.4 Å². The van der Waals surface area contributed by atoms with Crippen molar-refractivity contribution in [2.24, 2.45) is 0 Å². The number of aliphatic hydroxyl groups excluding tert-OH is 1. The Bertz CT molecular complexity index is 704. The van der Waals surface area contributed by atoms with E-state index in [1.54, 1.807) is 12.1 Å². The summed E-state index contributed by atoms with van der Waals surface area (Å²) in [5.41, 5.74) is 1.55. The molecule has 1 aromatic rings. The predicted octanol–water partition coefficient (Wildman–Crippen LogP) is 4.74. The lowest BCUT2D eigenvalue weighted by atomic mass is 9.98. The molecule has 0 spiro atoms. The molecule has 0 bridgehead atoms. The molecule has 1 heterocycles. The van der Waals surface area contributed by atoms with Crippen molar-refractivity contribution >= 4 is 0 Å². The van der Waals surface area contributed by atoms with Crippen molar-refractivity contribution < 1.29 is 28.8 Å². The van der Waals surface area contributed by atoms with E-state index in [1.165, 1.54) is 19.3 Å².